The monoisotopic (exact) mass is 303 g/mol. The second-order valence-electron chi connectivity index (χ2n) is 5.77. The van der Waals surface area contributed by atoms with Gasteiger partial charge < -0.3 is 9.47 Å². The van der Waals surface area contributed by atoms with E-state index >= 15 is 0 Å². The molecule has 1 aromatic carbocycles. The number of benzene rings is 1. The highest BCUT2D eigenvalue weighted by Crippen LogP contribution is 2.28. The predicted octanol–water partition coefficient (Wildman–Crippen LogP) is 1.24. The lowest BCUT2D eigenvalue weighted by Crippen LogP contribution is -2.49. The molecule has 0 N–H and O–H groups in total. The number of morpholine rings is 1. The van der Waals surface area contributed by atoms with E-state index in [-0.39, 0.29) is 5.54 Å². The molecule has 1 aromatic heterocycles. The standard InChI is InChI=1S/C15H21N5O2/c1-15(2,19-8-10-22-11-9-19)14-16-17-18-20(14)12-4-6-13(21-3)7-5-12/h4-7H,8-11H2,1-3H3. The number of aromatic nitrogens is 4. The van der Waals surface area contributed by atoms with Gasteiger partial charge in [-0.2, -0.15) is 4.68 Å². The van der Waals surface area contributed by atoms with Crippen molar-refractivity contribution >= 4 is 0 Å². The quantitative estimate of drug-likeness (QED) is 0.846. The SMILES string of the molecule is COc1ccc(-n2nnnc2C(C)(C)N2CCOCC2)cc1. The number of hydrogen-bond acceptors (Lipinski definition) is 6. The van der Waals surface area contributed by atoms with Crippen LogP contribution in [-0.2, 0) is 10.3 Å². The van der Waals surface area contributed by atoms with Crippen molar-refractivity contribution in [3.63, 3.8) is 0 Å². The second-order valence-corrected chi connectivity index (χ2v) is 5.77. The van der Waals surface area contributed by atoms with E-state index in [1.165, 1.54) is 0 Å². The molecule has 1 aliphatic heterocycles. The summed E-state index contributed by atoms with van der Waals surface area (Å²) in [5, 5.41) is 12.3. The number of nitrogens with zero attached hydrogens (tertiary/aromatic N) is 5. The van der Waals surface area contributed by atoms with E-state index in [0.717, 1.165) is 43.6 Å². The fraction of sp³-hybridized carbons (Fsp3) is 0.533. The molecular weight excluding hydrogens is 282 g/mol. The first kappa shape index (κ1) is 14.9. The van der Waals surface area contributed by atoms with Crippen molar-refractivity contribution in [2.75, 3.05) is 33.4 Å². The fourth-order valence-corrected chi connectivity index (χ4v) is 2.73. The number of hydrogen-bond donors (Lipinski definition) is 0. The van der Waals surface area contributed by atoms with Gasteiger partial charge >= 0.3 is 0 Å². The molecule has 0 unspecified atom stereocenters. The van der Waals surface area contributed by atoms with Gasteiger partial charge in [0.05, 0.1) is 31.5 Å². The highest BCUT2D eigenvalue weighted by Gasteiger charge is 2.35. The van der Waals surface area contributed by atoms with E-state index in [2.05, 4.69) is 34.3 Å². The molecule has 1 aliphatic rings. The van der Waals surface area contributed by atoms with Crippen LogP contribution in [0.5, 0.6) is 5.75 Å². The molecule has 1 fully saturated rings. The Morgan fingerprint density at radius 3 is 2.45 bits per heavy atom. The van der Waals surface area contributed by atoms with Crippen LogP contribution in [0.15, 0.2) is 24.3 Å². The third kappa shape index (κ3) is 2.69. The zero-order valence-corrected chi connectivity index (χ0v) is 13.2. The summed E-state index contributed by atoms with van der Waals surface area (Å²) in [5.41, 5.74) is 0.648. The third-order valence-electron chi connectivity index (χ3n) is 4.14. The summed E-state index contributed by atoms with van der Waals surface area (Å²) in [6, 6.07) is 7.72. The van der Waals surface area contributed by atoms with Crippen molar-refractivity contribution in [3.8, 4) is 11.4 Å². The van der Waals surface area contributed by atoms with E-state index in [1.54, 1.807) is 11.8 Å². The van der Waals surface area contributed by atoms with Crippen LogP contribution in [0, 0.1) is 0 Å². The molecule has 1 saturated heterocycles. The van der Waals surface area contributed by atoms with Crippen LogP contribution in [0.25, 0.3) is 5.69 Å². The first-order chi connectivity index (χ1) is 10.6. The molecule has 0 amide bonds. The zero-order chi connectivity index (χ0) is 15.6. The predicted molar refractivity (Wildman–Crippen MR) is 81.1 cm³/mol. The Labute approximate surface area is 129 Å². The Balaban J connectivity index is 1.93. The van der Waals surface area contributed by atoms with Gasteiger partial charge in [0.2, 0.25) is 0 Å². The Hall–Kier alpha value is -1.99. The molecule has 118 valence electrons. The number of methoxy groups -OCH3 is 1. The Morgan fingerprint density at radius 2 is 1.82 bits per heavy atom. The summed E-state index contributed by atoms with van der Waals surface area (Å²) in [5.74, 6) is 1.63. The van der Waals surface area contributed by atoms with Crippen molar-refractivity contribution < 1.29 is 9.47 Å². The fourth-order valence-electron chi connectivity index (χ4n) is 2.73. The van der Waals surface area contributed by atoms with Crippen molar-refractivity contribution in [3.05, 3.63) is 30.1 Å². The van der Waals surface area contributed by atoms with Gasteiger partial charge in [0.25, 0.3) is 0 Å². The van der Waals surface area contributed by atoms with E-state index in [0.29, 0.717) is 0 Å². The minimum Gasteiger partial charge on any atom is -0.497 e. The van der Waals surface area contributed by atoms with E-state index in [9.17, 15) is 0 Å². The van der Waals surface area contributed by atoms with Gasteiger partial charge in [-0.15, -0.1) is 5.10 Å². The molecule has 0 aliphatic carbocycles. The molecule has 0 saturated carbocycles. The minimum absolute atomic E-state index is 0.271. The maximum Gasteiger partial charge on any atom is 0.176 e. The van der Waals surface area contributed by atoms with Crippen LogP contribution in [0.2, 0.25) is 0 Å². The molecule has 0 atom stereocenters. The molecule has 7 heteroatoms. The number of tetrazole rings is 1. The zero-order valence-electron chi connectivity index (χ0n) is 13.2. The largest absolute Gasteiger partial charge is 0.497 e. The highest BCUT2D eigenvalue weighted by molar-refractivity contribution is 5.37. The number of rotatable bonds is 4. The van der Waals surface area contributed by atoms with Crippen molar-refractivity contribution in [1.82, 2.24) is 25.1 Å². The average Bonchev–Trinajstić information content (AvgIpc) is 3.06. The molecule has 2 aromatic rings. The normalized spacial score (nSPS) is 16.7. The van der Waals surface area contributed by atoms with Crippen molar-refractivity contribution in [1.29, 1.82) is 0 Å². The third-order valence-corrected chi connectivity index (χ3v) is 4.14. The smallest absolute Gasteiger partial charge is 0.176 e. The van der Waals surface area contributed by atoms with Gasteiger partial charge in [-0.3, -0.25) is 4.90 Å². The molecule has 0 radical (unpaired) electrons. The lowest BCUT2D eigenvalue weighted by molar-refractivity contribution is -0.0155. The summed E-state index contributed by atoms with van der Waals surface area (Å²) < 4.78 is 12.4. The first-order valence-corrected chi connectivity index (χ1v) is 7.39. The van der Waals surface area contributed by atoms with E-state index in [4.69, 9.17) is 9.47 Å². The summed E-state index contributed by atoms with van der Waals surface area (Å²) in [7, 11) is 1.65. The summed E-state index contributed by atoms with van der Waals surface area (Å²) in [6.45, 7) is 7.53. The summed E-state index contributed by atoms with van der Waals surface area (Å²) in [4.78, 5) is 2.35. The van der Waals surface area contributed by atoms with Crippen LogP contribution in [0.3, 0.4) is 0 Å². The van der Waals surface area contributed by atoms with Crippen LogP contribution in [-0.4, -0.2) is 58.5 Å². The molecule has 22 heavy (non-hydrogen) atoms. The number of ether oxygens (including phenoxy) is 2. The second kappa shape index (κ2) is 6.02. The summed E-state index contributed by atoms with van der Waals surface area (Å²) >= 11 is 0. The molecular formula is C15H21N5O2. The van der Waals surface area contributed by atoms with Crippen LogP contribution in [0.1, 0.15) is 19.7 Å². The van der Waals surface area contributed by atoms with Crippen molar-refractivity contribution in [2.45, 2.75) is 19.4 Å². The maximum absolute atomic E-state index is 5.44. The summed E-state index contributed by atoms with van der Waals surface area (Å²) in [6.07, 6.45) is 0. The van der Waals surface area contributed by atoms with Crippen molar-refractivity contribution in [2.24, 2.45) is 0 Å². The Bertz CT molecular complexity index is 617. The van der Waals surface area contributed by atoms with E-state index < -0.39 is 0 Å². The minimum atomic E-state index is -0.271. The Kier molecular flexibility index (Phi) is 4.08. The molecule has 3 rings (SSSR count). The van der Waals surface area contributed by atoms with Gasteiger partial charge in [0.15, 0.2) is 5.82 Å². The Morgan fingerprint density at radius 1 is 1.14 bits per heavy atom. The van der Waals surface area contributed by atoms with Gasteiger partial charge in [0, 0.05) is 13.1 Å². The molecule has 7 nitrogen and oxygen atoms in total. The topological polar surface area (TPSA) is 65.3 Å². The molecule has 0 bridgehead atoms. The highest BCUT2D eigenvalue weighted by atomic mass is 16.5. The maximum atomic E-state index is 5.44. The van der Waals surface area contributed by atoms with Gasteiger partial charge in [-0.1, -0.05) is 0 Å². The molecule has 2 heterocycles. The lowest BCUT2D eigenvalue weighted by Gasteiger charge is -2.39. The van der Waals surface area contributed by atoms with Crippen LogP contribution < -0.4 is 4.74 Å². The van der Waals surface area contributed by atoms with Gasteiger partial charge in [0.1, 0.15) is 5.75 Å². The van der Waals surface area contributed by atoms with E-state index in [1.807, 2.05) is 24.3 Å². The lowest BCUT2D eigenvalue weighted by atomic mass is 10.0. The van der Waals surface area contributed by atoms with Gasteiger partial charge in [-0.05, 0) is 48.5 Å². The molecule has 0 spiro atoms. The van der Waals surface area contributed by atoms with Crippen LogP contribution in [0.4, 0.5) is 0 Å². The van der Waals surface area contributed by atoms with Gasteiger partial charge in [-0.25, -0.2) is 0 Å². The average molecular weight is 303 g/mol. The first-order valence-electron chi connectivity index (χ1n) is 7.39. The van der Waals surface area contributed by atoms with Crippen LogP contribution >= 0.6 is 0 Å².